The second kappa shape index (κ2) is 6.73. The Balaban J connectivity index is 1.59. The average Bonchev–Trinajstić information content (AvgIpc) is 2.89. The van der Waals surface area contributed by atoms with Gasteiger partial charge in [0.25, 0.3) is 0 Å². The summed E-state index contributed by atoms with van der Waals surface area (Å²) in [5.41, 5.74) is 1.06. The molecule has 2 heterocycles. The van der Waals surface area contributed by atoms with E-state index in [0.717, 1.165) is 12.0 Å². The van der Waals surface area contributed by atoms with E-state index in [1.807, 2.05) is 30.3 Å². The minimum Gasteiger partial charge on any atom is -0.373 e. The molecule has 0 radical (unpaired) electrons. The van der Waals surface area contributed by atoms with E-state index in [-0.39, 0.29) is 24.6 Å². The molecule has 4 atom stereocenters. The van der Waals surface area contributed by atoms with Gasteiger partial charge in [0.1, 0.15) is 6.10 Å². The smallest absolute Gasteiger partial charge is 0.184 e. The fourth-order valence-corrected chi connectivity index (χ4v) is 3.07. The molecule has 0 amide bonds. The van der Waals surface area contributed by atoms with Crippen molar-refractivity contribution in [3.63, 3.8) is 0 Å². The summed E-state index contributed by atoms with van der Waals surface area (Å²) >= 11 is 2.11. The number of halogens is 1. The van der Waals surface area contributed by atoms with Crippen LogP contribution in [0.3, 0.4) is 0 Å². The Labute approximate surface area is 128 Å². The third kappa shape index (κ3) is 3.43. The van der Waals surface area contributed by atoms with Crippen LogP contribution < -0.4 is 0 Å². The van der Waals surface area contributed by atoms with E-state index in [9.17, 15) is 0 Å². The van der Waals surface area contributed by atoms with Crippen molar-refractivity contribution in [1.82, 2.24) is 0 Å². The number of fused-ring (bicyclic) bond motifs is 1. The zero-order valence-electron chi connectivity index (χ0n) is 10.2. The Morgan fingerprint density at radius 1 is 1.21 bits per heavy atom. The molecule has 3 rings (SSSR count). The summed E-state index contributed by atoms with van der Waals surface area (Å²) in [6.07, 6.45) is 0.797. The molecular formula is C13H15IO4S. The van der Waals surface area contributed by atoms with Gasteiger partial charge in [-0.15, -0.1) is 0 Å². The summed E-state index contributed by atoms with van der Waals surface area (Å²) in [4.78, 5) is 0. The maximum atomic E-state index is 6.00. The van der Waals surface area contributed by atoms with Gasteiger partial charge in [-0.3, -0.25) is 0 Å². The number of hydrogen-bond acceptors (Lipinski definition) is 5. The highest BCUT2D eigenvalue weighted by Gasteiger charge is 2.41. The highest BCUT2D eigenvalue weighted by molar-refractivity contribution is 14.2. The number of rotatable bonds is 4. The zero-order valence-corrected chi connectivity index (χ0v) is 13.2. The third-order valence-electron chi connectivity index (χ3n) is 3.37. The first-order valence-corrected chi connectivity index (χ1v) is 9.53. The van der Waals surface area contributed by atoms with Gasteiger partial charge in [0.05, 0.1) is 34.6 Å². The van der Waals surface area contributed by atoms with E-state index >= 15 is 0 Å². The van der Waals surface area contributed by atoms with Crippen LogP contribution in [0.5, 0.6) is 0 Å². The summed E-state index contributed by atoms with van der Waals surface area (Å²) < 4.78 is 23.0. The van der Waals surface area contributed by atoms with Gasteiger partial charge in [-0.1, -0.05) is 30.3 Å². The van der Waals surface area contributed by atoms with Crippen LogP contribution in [0.25, 0.3) is 0 Å². The van der Waals surface area contributed by atoms with Gasteiger partial charge < -0.3 is 18.4 Å². The van der Waals surface area contributed by atoms with E-state index < -0.39 is 0 Å². The van der Waals surface area contributed by atoms with Crippen LogP contribution in [0.15, 0.2) is 30.3 Å². The van der Waals surface area contributed by atoms with Crippen molar-refractivity contribution in [2.45, 2.75) is 31.0 Å². The molecule has 1 aromatic rings. The largest absolute Gasteiger partial charge is 0.373 e. The lowest BCUT2D eigenvalue weighted by molar-refractivity contribution is -0.0854. The number of hydrogen-bond donors (Lipinski definition) is 0. The molecule has 6 heteroatoms. The van der Waals surface area contributed by atoms with Crippen LogP contribution in [-0.2, 0) is 18.4 Å². The summed E-state index contributed by atoms with van der Waals surface area (Å²) in [6, 6.07) is 10.0. The molecule has 0 aromatic heterocycles. The highest BCUT2D eigenvalue weighted by Crippen LogP contribution is 2.36. The molecule has 0 N–H and O–H groups in total. The molecule has 4 nitrogen and oxygen atoms in total. The third-order valence-corrected chi connectivity index (χ3v) is 4.36. The van der Waals surface area contributed by atoms with Crippen molar-refractivity contribution in [3.05, 3.63) is 35.9 Å². The fourth-order valence-electron chi connectivity index (χ4n) is 2.42. The summed E-state index contributed by atoms with van der Waals surface area (Å²) in [6.45, 7) is 1.17. The molecule has 19 heavy (non-hydrogen) atoms. The van der Waals surface area contributed by atoms with Gasteiger partial charge in [-0.25, -0.2) is 0 Å². The van der Waals surface area contributed by atoms with Gasteiger partial charge in [0, 0.05) is 33.2 Å². The van der Waals surface area contributed by atoms with E-state index in [4.69, 9.17) is 18.4 Å². The Kier molecular flexibility index (Phi) is 4.99. The fraction of sp³-hybridized carbons (Fsp3) is 0.538. The first-order chi connectivity index (χ1) is 9.36. The maximum Gasteiger partial charge on any atom is 0.184 e. The highest BCUT2D eigenvalue weighted by atomic mass is 127. The van der Waals surface area contributed by atoms with Gasteiger partial charge >= 0.3 is 0 Å². The molecule has 4 unspecified atom stereocenters. The Bertz CT molecular complexity index is 405. The van der Waals surface area contributed by atoms with Crippen LogP contribution in [0.2, 0.25) is 0 Å². The molecule has 0 saturated carbocycles. The van der Waals surface area contributed by atoms with E-state index in [2.05, 4.69) is 21.2 Å². The van der Waals surface area contributed by atoms with Gasteiger partial charge in [-0.05, 0) is 0 Å². The Morgan fingerprint density at radius 2 is 2.00 bits per heavy atom. The molecule has 0 aliphatic carbocycles. The van der Waals surface area contributed by atoms with Crippen molar-refractivity contribution < 1.29 is 18.4 Å². The van der Waals surface area contributed by atoms with Gasteiger partial charge in [-0.2, -0.15) is 0 Å². The van der Waals surface area contributed by atoms with Crippen LogP contribution in [0.4, 0.5) is 0 Å². The van der Waals surface area contributed by atoms with Crippen molar-refractivity contribution in [3.8, 4) is 0 Å². The topological polar surface area (TPSA) is 36.9 Å². The normalized spacial score (nSPS) is 34.2. The molecule has 2 fully saturated rings. The molecule has 0 bridgehead atoms. The minimum atomic E-state index is -0.265. The average molecular weight is 394 g/mol. The standard InChI is InChI=1S/C13H15IO4S/c14-19-16-7-10-6-11-12(8-15-10)18-13(17-11)9-4-2-1-3-5-9/h1-5,10-13H,6-8H2. The number of ether oxygens (including phenoxy) is 3. The predicted molar refractivity (Wildman–Crippen MR) is 80.8 cm³/mol. The number of benzene rings is 1. The van der Waals surface area contributed by atoms with Gasteiger partial charge in [0.2, 0.25) is 0 Å². The van der Waals surface area contributed by atoms with Crippen molar-refractivity contribution in [2.75, 3.05) is 13.2 Å². The van der Waals surface area contributed by atoms with Crippen LogP contribution in [-0.4, -0.2) is 31.5 Å². The second-order valence-corrected chi connectivity index (χ2v) is 6.07. The second-order valence-electron chi connectivity index (χ2n) is 4.63. The molecule has 2 aliphatic rings. The summed E-state index contributed by atoms with van der Waals surface area (Å²) in [7, 11) is 1.34. The molecule has 104 valence electrons. The minimum absolute atomic E-state index is 0.0358. The summed E-state index contributed by atoms with van der Waals surface area (Å²) in [5, 5.41) is 0. The van der Waals surface area contributed by atoms with Gasteiger partial charge in [0.15, 0.2) is 6.29 Å². The SMILES string of the molecule is ISOCC1CC2OC(c3ccccc3)OC2CO1. The van der Waals surface area contributed by atoms with E-state index in [0.29, 0.717) is 13.2 Å². The van der Waals surface area contributed by atoms with E-state index in [1.165, 1.54) is 9.21 Å². The maximum absolute atomic E-state index is 6.00. The first-order valence-electron chi connectivity index (χ1n) is 6.24. The van der Waals surface area contributed by atoms with Crippen LogP contribution in [0.1, 0.15) is 18.3 Å². The van der Waals surface area contributed by atoms with Crippen LogP contribution >= 0.6 is 30.4 Å². The van der Waals surface area contributed by atoms with Crippen molar-refractivity contribution in [1.29, 1.82) is 0 Å². The molecule has 0 spiro atoms. The lowest BCUT2D eigenvalue weighted by Gasteiger charge is -2.29. The molecule has 1 aromatic carbocycles. The quantitative estimate of drug-likeness (QED) is 0.579. The Morgan fingerprint density at radius 3 is 2.79 bits per heavy atom. The lowest BCUT2D eigenvalue weighted by atomic mass is 10.0. The first kappa shape index (κ1) is 14.1. The molecule has 2 aliphatic heterocycles. The monoisotopic (exact) mass is 394 g/mol. The van der Waals surface area contributed by atoms with Crippen molar-refractivity contribution >= 4 is 30.4 Å². The van der Waals surface area contributed by atoms with Crippen molar-refractivity contribution in [2.24, 2.45) is 0 Å². The summed E-state index contributed by atoms with van der Waals surface area (Å²) in [5.74, 6) is 0. The predicted octanol–water partition coefficient (Wildman–Crippen LogP) is 3.27. The molecule has 2 saturated heterocycles. The van der Waals surface area contributed by atoms with Crippen LogP contribution in [0, 0.1) is 0 Å². The zero-order chi connectivity index (χ0) is 13.1. The van der Waals surface area contributed by atoms with E-state index in [1.54, 1.807) is 0 Å². The lowest BCUT2D eigenvalue weighted by Crippen LogP contribution is -2.40. The Hall–Kier alpha value is 0.140. The molecular weight excluding hydrogens is 379 g/mol.